The molecule has 9 heteroatoms. The van der Waals surface area contributed by atoms with Gasteiger partial charge in [-0.2, -0.15) is 10.1 Å². The normalized spacial score (nSPS) is 15.1. The third-order valence-electron chi connectivity index (χ3n) is 5.57. The number of aryl methyl sites for hydroxylation is 1. The maximum Gasteiger partial charge on any atom is 0.258 e. The summed E-state index contributed by atoms with van der Waals surface area (Å²) in [7, 11) is 1.77. The third kappa shape index (κ3) is 4.56. The fourth-order valence-corrected chi connectivity index (χ4v) is 3.70. The van der Waals surface area contributed by atoms with E-state index < -0.39 is 0 Å². The van der Waals surface area contributed by atoms with Crippen molar-refractivity contribution in [2.24, 2.45) is 7.05 Å². The Kier molecular flexibility index (Phi) is 5.82. The first-order chi connectivity index (χ1) is 15.2. The summed E-state index contributed by atoms with van der Waals surface area (Å²) in [6.45, 7) is 7.15. The summed E-state index contributed by atoms with van der Waals surface area (Å²) in [4.78, 5) is 32.0. The molecule has 1 N–H and O–H groups in total. The van der Waals surface area contributed by atoms with Gasteiger partial charge in [-0.15, -0.1) is 0 Å². The predicted molar refractivity (Wildman–Crippen MR) is 118 cm³/mol. The molecule has 9 nitrogen and oxygen atoms in total. The summed E-state index contributed by atoms with van der Waals surface area (Å²) >= 11 is 0. The fourth-order valence-electron chi connectivity index (χ4n) is 3.70. The van der Waals surface area contributed by atoms with Crippen molar-refractivity contribution in [3.05, 3.63) is 53.6 Å². The summed E-state index contributed by atoms with van der Waals surface area (Å²) in [6.07, 6.45) is 4.62. The Labute approximate surface area is 186 Å². The lowest BCUT2D eigenvalue weighted by Gasteiger charge is -2.32. The Morgan fingerprint density at radius 3 is 2.50 bits per heavy atom. The molecule has 1 fully saturated rings. The van der Waals surface area contributed by atoms with Crippen LogP contribution in [0.25, 0.3) is 11.5 Å². The molecule has 0 saturated carbocycles. The Hall–Kier alpha value is -3.49. The smallest absolute Gasteiger partial charge is 0.258 e. The van der Waals surface area contributed by atoms with Crippen LogP contribution in [0.15, 0.2) is 41.2 Å². The van der Waals surface area contributed by atoms with Crippen molar-refractivity contribution >= 4 is 11.8 Å². The number of piperidine rings is 1. The molecule has 168 valence electrons. The van der Waals surface area contributed by atoms with E-state index in [-0.39, 0.29) is 23.3 Å². The first-order valence-corrected chi connectivity index (χ1v) is 10.7. The topological polar surface area (TPSA) is 106 Å². The quantitative estimate of drug-likeness (QED) is 0.674. The second-order valence-electron chi connectivity index (χ2n) is 9.16. The molecule has 0 spiro atoms. The average Bonchev–Trinajstić information content (AvgIpc) is 3.43. The van der Waals surface area contributed by atoms with Crippen LogP contribution in [-0.4, -0.2) is 55.8 Å². The van der Waals surface area contributed by atoms with E-state index >= 15 is 0 Å². The SMILES string of the molecule is Cn1cc(C(=O)NC2CCN(C(=O)c3ccccc3-c3nc(C(C)(C)C)no3)CC2)cn1. The molecule has 2 aromatic heterocycles. The van der Waals surface area contributed by atoms with Crippen molar-refractivity contribution in [3.8, 4) is 11.5 Å². The van der Waals surface area contributed by atoms with Crippen LogP contribution in [0, 0.1) is 0 Å². The lowest BCUT2D eigenvalue weighted by atomic mass is 9.96. The van der Waals surface area contributed by atoms with Crippen molar-refractivity contribution in [1.82, 2.24) is 30.1 Å². The number of nitrogens with zero attached hydrogens (tertiary/aromatic N) is 5. The van der Waals surface area contributed by atoms with Crippen LogP contribution in [0.2, 0.25) is 0 Å². The van der Waals surface area contributed by atoms with Gasteiger partial charge in [-0.25, -0.2) is 0 Å². The Bertz CT molecular complexity index is 1120. The lowest BCUT2D eigenvalue weighted by Crippen LogP contribution is -2.46. The Balaban J connectivity index is 1.43. The second kappa shape index (κ2) is 8.57. The fraction of sp³-hybridized carbons (Fsp3) is 0.435. The van der Waals surface area contributed by atoms with Crippen molar-refractivity contribution in [2.45, 2.75) is 45.1 Å². The van der Waals surface area contributed by atoms with Crippen molar-refractivity contribution in [1.29, 1.82) is 0 Å². The molecule has 0 atom stereocenters. The average molecular weight is 437 g/mol. The highest BCUT2D eigenvalue weighted by atomic mass is 16.5. The molecular weight excluding hydrogens is 408 g/mol. The van der Waals surface area contributed by atoms with Crippen LogP contribution in [0.4, 0.5) is 0 Å². The first-order valence-electron chi connectivity index (χ1n) is 10.7. The van der Waals surface area contributed by atoms with Gasteiger partial charge in [-0.1, -0.05) is 38.1 Å². The summed E-state index contributed by atoms with van der Waals surface area (Å²) in [6, 6.07) is 7.32. The van der Waals surface area contributed by atoms with Crippen LogP contribution in [0.1, 0.15) is 60.2 Å². The summed E-state index contributed by atoms with van der Waals surface area (Å²) in [5.74, 6) is 0.727. The van der Waals surface area contributed by atoms with E-state index in [1.807, 2.05) is 43.9 Å². The van der Waals surface area contributed by atoms with Crippen LogP contribution in [0.5, 0.6) is 0 Å². The minimum Gasteiger partial charge on any atom is -0.349 e. The van der Waals surface area contributed by atoms with Crippen LogP contribution >= 0.6 is 0 Å². The number of likely N-dealkylation sites (tertiary alicyclic amines) is 1. The van der Waals surface area contributed by atoms with Gasteiger partial charge in [-0.3, -0.25) is 14.3 Å². The molecule has 1 saturated heterocycles. The van der Waals surface area contributed by atoms with Gasteiger partial charge in [0.15, 0.2) is 5.82 Å². The predicted octanol–water partition coefficient (Wildman–Crippen LogP) is 2.80. The van der Waals surface area contributed by atoms with Crippen LogP contribution in [0.3, 0.4) is 0 Å². The number of hydrogen-bond donors (Lipinski definition) is 1. The summed E-state index contributed by atoms with van der Waals surface area (Å²) < 4.78 is 7.07. The summed E-state index contributed by atoms with van der Waals surface area (Å²) in [5.41, 5.74) is 1.46. The third-order valence-corrected chi connectivity index (χ3v) is 5.57. The molecule has 1 aromatic carbocycles. The second-order valence-corrected chi connectivity index (χ2v) is 9.16. The van der Waals surface area contributed by atoms with Crippen molar-refractivity contribution in [2.75, 3.05) is 13.1 Å². The zero-order valence-electron chi connectivity index (χ0n) is 18.8. The Morgan fingerprint density at radius 2 is 1.88 bits per heavy atom. The maximum absolute atomic E-state index is 13.3. The number of aromatic nitrogens is 4. The van der Waals surface area contributed by atoms with E-state index in [4.69, 9.17) is 4.52 Å². The molecule has 0 unspecified atom stereocenters. The van der Waals surface area contributed by atoms with Gasteiger partial charge in [0.1, 0.15) is 0 Å². The summed E-state index contributed by atoms with van der Waals surface area (Å²) in [5, 5.41) is 11.2. The first kappa shape index (κ1) is 21.7. The van der Waals surface area contributed by atoms with Crippen molar-refractivity contribution in [3.63, 3.8) is 0 Å². The van der Waals surface area contributed by atoms with E-state index in [0.717, 1.165) is 0 Å². The highest BCUT2D eigenvalue weighted by molar-refractivity contribution is 6.00. The molecule has 0 aliphatic carbocycles. The Morgan fingerprint density at radius 1 is 1.16 bits per heavy atom. The highest BCUT2D eigenvalue weighted by Crippen LogP contribution is 2.27. The minimum absolute atomic E-state index is 0.0206. The molecular formula is C23H28N6O3. The molecule has 1 aliphatic rings. The molecule has 0 bridgehead atoms. The van der Waals surface area contributed by atoms with Gasteiger partial charge in [0.2, 0.25) is 0 Å². The van der Waals surface area contributed by atoms with E-state index in [2.05, 4.69) is 20.6 Å². The van der Waals surface area contributed by atoms with Gasteiger partial charge >= 0.3 is 0 Å². The zero-order valence-corrected chi connectivity index (χ0v) is 18.8. The van der Waals surface area contributed by atoms with Crippen molar-refractivity contribution < 1.29 is 14.1 Å². The number of amides is 2. The van der Waals surface area contributed by atoms with Crippen LogP contribution < -0.4 is 5.32 Å². The number of carbonyl (C=O) groups is 2. The standard InChI is InChI=1S/C23H28N6O3/c1-23(2,3)22-26-20(32-27-22)17-7-5-6-8-18(17)21(31)29-11-9-16(10-12-29)25-19(30)15-13-24-28(4)14-15/h5-8,13-14,16H,9-12H2,1-4H3,(H,25,30). The van der Waals surface area contributed by atoms with Crippen LogP contribution in [-0.2, 0) is 12.5 Å². The van der Waals surface area contributed by atoms with E-state index in [9.17, 15) is 9.59 Å². The molecule has 4 rings (SSSR count). The van der Waals surface area contributed by atoms with Gasteiger partial charge in [0, 0.05) is 37.8 Å². The van der Waals surface area contributed by atoms with E-state index in [0.29, 0.717) is 54.3 Å². The number of rotatable bonds is 4. The zero-order chi connectivity index (χ0) is 22.9. The van der Waals surface area contributed by atoms with Gasteiger partial charge < -0.3 is 14.7 Å². The van der Waals surface area contributed by atoms with Gasteiger partial charge in [0.05, 0.1) is 22.9 Å². The largest absolute Gasteiger partial charge is 0.349 e. The number of carbonyl (C=O) groups excluding carboxylic acids is 2. The van der Waals surface area contributed by atoms with Gasteiger partial charge in [0.25, 0.3) is 17.7 Å². The number of hydrogen-bond acceptors (Lipinski definition) is 6. The molecule has 2 amide bonds. The van der Waals surface area contributed by atoms with E-state index in [1.165, 1.54) is 0 Å². The van der Waals surface area contributed by atoms with E-state index in [1.54, 1.807) is 30.2 Å². The molecule has 3 aromatic rings. The molecule has 32 heavy (non-hydrogen) atoms. The van der Waals surface area contributed by atoms with Gasteiger partial charge in [-0.05, 0) is 25.0 Å². The number of nitrogens with one attached hydrogen (secondary N) is 1. The highest BCUT2D eigenvalue weighted by Gasteiger charge is 2.28. The molecule has 0 radical (unpaired) electrons. The lowest BCUT2D eigenvalue weighted by molar-refractivity contribution is 0.0698. The minimum atomic E-state index is -0.247. The maximum atomic E-state index is 13.3. The monoisotopic (exact) mass is 436 g/mol. The molecule has 3 heterocycles. The molecule has 1 aliphatic heterocycles. The number of benzene rings is 1.